The first-order chi connectivity index (χ1) is 6.36. The van der Waals surface area contributed by atoms with Crippen LogP contribution >= 0.6 is 39.2 Å². The summed E-state index contributed by atoms with van der Waals surface area (Å²) >= 11 is 7.11. The number of halogens is 2. The monoisotopic (exact) mass is 311 g/mol. The van der Waals surface area contributed by atoms with Gasteiger partial charge in [-0.25, -0.2) is 8.42 Å². The maximum atomic E-state index is 11.0. The molecule has 0 aromatic heterocycles. The van der Waals surface area contributed by atoms with Gasteiger partial charge in [-0.3, -0.25) is 0 Å². The van der Waals surface area contributed by atoms with Crippen molar-refractivity contribution in [1.82, 2.24) is 0 Å². The van der Waals surface area contributed by atoms with Gasteiger partial charge >= 0.3 is 0 Å². The molecule has 0 N–H and O–H groups in total. The second-order valence-electron chi connectivity index (χ2n) is 2.35. The predicted octanol–water partition coefficient (Wildman–Crippen LogP) is 2.54. The standard InChI is InChI=1S/C7H3BrClNO2S2/c8-7-4(3-10)1-5(2-6(7)13)14(9,11)12/h1-2,13H. The van der Waals surface area contributed by atoms with Gasteiger partial charge < -0.3 is 0 Å². The molecular formula is C7H3BrClNO2S2. The molecule has 0 fully saturated rings. The quantitative estimate of drug-likeness (QED) is 0.640. The number of benzene rings is 1. The summed E-state index contributed by atoms with van der Waals surface area (Å²) in [6.45, 7) is 0. The Kier molecular flexibility index (Phi) is 3.48. The van der Waals surface area contributed by atoms with E-state index in [9.17, 15) is 8.42 Å². The topological polar surface area (TPSA) is 57.9 Å². The van der Waals surface area contributed by atoms with Crippen molar-refractivity contribution in [3.63, 3.8) is 0 Å². The molecule has 0 bridgehead atoms. The van der Waals surface area contributed by atoms with Crippen molar-refractivity contribution < 1.29 is 8.42 Å². The van der Waals surface area contributed by atoms with Gasteiger partial charge in [0.1, 0.15) is 6.07 Å². The van der Waals surface area contributed by atoms with Gasteiger partial charge in [-0.1, -0.05) is 0 Å². The number of nitriles is 1. The summed E-state index contributed by atoms with van der Waals surface area (Å²) < 4.78 is 22.4. The molecule has 0 saturated heterocycles. The molecule has 1 aromatic rings. The molecule has 0 spiro atoms. The number of nitrogens with zero attached hydrogens (tertiary/aromatic N) is 1. The second kappa shape index (κ2) is 4.11. The fourth-order valence-corrected chi connectivity index (χ4v) is 2.25. The molecule has 0 saturated carbocycles. The average molecular weight is 313 g/mol. The lowest BCUT2D eigenvalue weighted by atomic mass is 10.2. The van der Waals surface area contributed by atoms with Crippen molar-refractivity contribution in [2.45, 2.75) is 9.79 Å². The Morgan fingerprint density at radius 1 is 1.50 bits per heavy atom. The third-order valence-corrected chi connectivity index (χ3v) is 4.28. The molecule has 14 heavy (non-hydrogen) atoms. The van der Waals surface area contributed by atoms with Crippen LogP contribution in [0.2, 0.25) is 0 Å². The Balaban J connectivity index is 3.56. The first-order valence-electron chi connectivity index (χ1n) is 3.23. The van der Waals surface area contributed by atoms with E-state index in [1.54, 1.807) is 0 Å². The van der Waals surface area contributed by atoms with Crippen LogP contribution in [0.5, 0.6) is 0 Å². The third kappa shape index (κ3) is 2.42. The zero-order chi connectivity index (χ0) is 10.9. The lowest BCUT2D eigenvalue weighted by molar-refractivity contribution is 0.609. The Hall–Kier alpha value is -0.220. The van der Waals surface area contributed by atoms with Crippen molar-refractivity contribution in [3.8, 4) is 6.07 Å². The van der Waals surface area contributed by atoms with E-state index in [0.29, 0.717) is 9.37 Å². The van der Waals surface area contributed by atoms with Crippen LogP contribution in [-0.2, 0) is 9.05 Å². The highest BCUT2D eigenvalue weighted by Gasteiger charge is 2.14. The van der Waals surface area contributed by atoms with E-state index in [2.05, 4.69) is 28.6 Å². The van der Waals surface area contributed by atoms with Crippen LogP contribution in [0.4, 0.5) is 0 Å². The van der Waals surface area contributed by atoms with E-state index in [0.717, 1.165) is 0 Å². The minimum atomic E-state index is -3.82. The molecule has 0 radical (unpaired) electrons. The molecule has 0 unspecified atom stereocenters. The number of hydrogen-bond acceptors (Lipinski definition) is 4. The van der Waals surface area contributed by atoms with E-state index >= 15 is 0 Å². The molecule has 0 amide bonds. The number of hydrogen-bond donors (Lipinski definition) is 1. The van der Waals surface area contributed by atoms with Crippen molar-refractivity contribution in [2.24, 2.45) is 0 Å². The molecule has 74 valence electrons. The predicted molar refractivity (Wildman–Crippen MR) is 59.1 cm³/mol. The van der Waals surface area contributed by atoms with Gasteiger partial charge in [-0.15, -0.1) is 12.6 Å². The Morgan fingerprint density at radius 3 is 2.50 bits per heavy atom. The SMILES string of the molecule is N#Cc1cc(S(=O)(=O)Cl)cc(S)c1Br. The highest BCUT2D eigenvalue weighted by Crippen LogP contribution is 2.29. The van der Waals surface area contributed by atoms with Gasteiger partial charge in [0.15, 0.2) is 0 Å². The minimum absolute atomic E-state index is 0.135. The normalized spacial score (nSPS) is 11.0. The van der Waals surface area contributed by atoms with Gasteiger partial charge in [-0.05, 0) is 28.1 Å². The Bertz CT molecular complexity index is 521. The van der Waals surface area contributed by atoms with Crippen molar-refractivity contribution in [2.75, 3.05) is 0 Å². The number of rotatable bonds is 1. The molecule has 1 aromatic carbocycles. The number of thiol groups is 1. The molecule has 3 nitrogen and oxygen atoms in total. The zero-order valence-corrected chi connectivity index (χ0v) is 10.6. The summed E-state index contributed by atoms with van der Waals surface area (Å²) in [5, 5.41) is 8.68. The van der Waals surface area contributed by atoms with E-state index in [-0.39, 0.29) is 10.5 Å². The van der Waals surface area contributed by atoms with Crippen molar-refractivity contribution in [1.29, 1.82) is 5.26 Å². The minimum Gasteiger partial charge on any atom is -0.207 e. The molecule has 0 heterocycles. The first-order valence-corrected chi connectivity index (χ1v) is 6.78. The maximum Gasteiger partial charge on any atom is 0.261 e. The first kappa shape index (κ1) is 11.9. The van der Waals surface area contributed by atoms with E-state index in [1.807, 2.05) is 6.07 Å². The summed E-state index contributed by atoms with van der Waals surface area (Å²) in [5.41, 5.74) is 0.178. The molecule has 1 rings (SSSR count). The second-order valence-corrected chi connectivity index (χ2v) is 6.19. The lowest BCUT2D eigenvalue weighted by Gasteiger charge is -2.02. The van der Waals surface area contributed by atoms with Crippen LogP contribution in [0.3, 0.4) is 0 Å². The zero-order valence-electron chi connectivity index (χ0n) is 6.53. The third-order valence-electron chi connectivity index (χ3n) is 1.43. The van der Waals surface area contributed by atoms with Crippen molar-refractivity contribution in [3.05, 3.63) is 22.2 Å². The van der Waals surface area contributed by atoms with E-state index < -0.39 is 9.05 Å². The highest BCUT2D eigenvalue weighted by atomic mass is 79.9. The van der Waals surface area contributed by atoms with Gasteiger partial charge in [0.2, 0.25) is 0 Å². The van der Waals surface area contributed by atoms with Gasteiger partial charge in [0.05, 0.1) is 10.5 Å². The van der Waals surface area contributed by atoms with E-state index in [4.69, 9.17) is 15.9 Å². The Morgan fingerprint density at radius 2 is 2.07 bits per heavy atom. The molecule has 0 aliphatic rings. The summed E-state index contributed by atoms with van der Waals surface area (Å²) in [6, 6.07) is 4.29. The summed E-state index contributed by atoms with van der Waals surface area (Å²) in [4.78, 5) is 0.215. The average Bonchev–Trinajstić information content (AvgIpc) is 2.07. The van der Waals surface area contributed by atoms with Crippen molar-refractivity contribution >= 4 is 48.3 Å². The molecule has 7 heteroatoms. The molecule has 0 aliphatic heterocycles. The van der Waals surface area contributed by atoms with Gasteiger partial charge in [-0.2, -0.15) is 5.26 Å². The van der Waals surface area contributed by atoms with Crippen LogP contribution < -0.4 is 0 Å². The molecule has 0 aliphatic carbocycles. The van der Waals surface area contributed by atoms with Gasteiger partial charge in [0, 0.05) is 20.1 Å². The fraction of sp³-hybridized carbons (Fsp3) is 0. The smallest absolute Gasteiger partial charge is 0.207 e. The largest absolute Gasteiger partial charge is 0.261 e. The van der Waals surface area contributed by atoms with E-state index in [1.165, 1.54) is 12.1 Å². The van der Waals surface area contributed by atoms with Crippen LogP contribution in [0, 0.1) is 11.3 Å². The Labute approximate surface area is 99.6 Å². The summed E-state index contributed by atoms with van der Waals surface area (Å²) in [5.74, 6) is 0. The van der Waals surface area contributed by atoms with Gasteiger partial charge in [0.25, 0.3) is 9.05 Å². The fourth-order valence-electron chi connectivity index (χ4n) is 0.805. The van der Waals surface area contributed by atoms with Crippen LogP contribution in [0.15, 0.2) is 26.4 Å². The highest BCUT2D eigenvalue weighted by molar-refractivity contribution is 9.10. The van der Waals surface area contributed by atoms with Crippen LogP contribution in [0.25, 0.3) is 0 Å². The molecule has 0 atom stereocenters. The summed E-state index contributed by atoms with van der Waals surface area (Å²) in [7, 11) is 1.30. The van der Waals surface area contributed by atoms with Crippen LogP contribution in [-0.4, -0.2) is 8.42 Å². The lowest BCUT2D eigenvalue weighted by Crippen LogP contribution is -1.93. The van der Waals surface area contributed by atoms with Crippen LogP contribution in [0.1, 0.15) is 5.56 Å². The maximum absolute atomic E-state index is 11.0. The summed E-state index contributed by atoms with van der Waals surface area (Å²) in [6.07, 6.45) is 0. The molecular weight excluding hydrogens is 310 g/mol.